The van der Waals surface area contributed by atoms with E-state index in [1.807, 2.05) is 19.1 Å². The van der Waals surface area contributed by atoms with Crippen LogP contribution in [0.5, 0.6) is 0 Å². The van der Waals surface area contributed by atoms with Crippen LogP contribution in [-0.2, 0) is 4.74 Å². The van der Waals surface area contributed by atoms with Gasteiger partial charge in [0.1, 0.15) is 5.82 Å². The van der Waals surface area contributed by atoms with Gasteiger partial charge in [-0.15, -0.1) is 0 Å². The van der Waals surface area contributed by atoms with Crippen LogP contribution in [0.3, 0.4) is 0 Å². The van der Waals surface area contributed by atoms with Gasteiger partial charge in [0.2, 0.25) is 0 Å². The third-order valence-corrected chi connectivity index (χ3v) is 3.90. The van der Waals surface area contributed by atoms with Crippen molar-refractivity contribution in [2.24, 2.45) is 5.92 Å². The molecule has 1 aliphatic rings. The highest BCUT2D eigenvalue weighted by atomic mass is 19.1. The first kappa shape index (κ1) is 14.5. The number of halogens is 1. The Morgan fingerprint density at radius 2 is 2.16 bits per heavy atom. The summed E-state index contributed by atoms with van der Waals surface area (Å²) in [7, 11) is 0. The molecule has 0 spiro atoms. The highest BCUT2D eigenvalue weighted by molar-refractivity contribution is 5.20. The first-order valence-electron chi connectivity index (χ1n) is 7.38. The molecule has 0 amide bonds. The molecule has 2 rings (SSSR count). The first-order chi connectivity index (χ1) is 9.31. The lowest BCUT2D eigenvalue weighted by atomic mass is 9.83. The van der Waals surface area contributed by atoms with Gasteiger partial charge in [-0.2, -0.15) is 0 Å². The molecule has 1 unspecified atom stereocenters. The molecule has 1 N–H and O–H groups in total. The van der Waals surface area contributed by atoms with Crippen molar-refractivity contribution in [2.75, 3.05) is 19.7 Å². The Kier molecular flexibility index (Phi) is 5.80. The van der Waals surface area contributed by atoms with Crippen molar-refractivity contribution in [3.05, 3.63) is 35.6 Å². The van der Waals surface area contributed by atoms with Gasteiger partial charge in [-0.1, -0.05) is 44.4 Å². The molecule has 1 aliphatic carbocycles. The van der Waals surface area contributed by atoms with E-state index in [-0.39, 0.29) is 11.9 Å². The Balaban J connectivity index is 1.88. The molecular formula is C16H24FNO. The second-order valence-electron chi connectivity index (χ2n) is 5.27. The van der Waals surface area contributed by atoms with E-state index in [0.29, 0.717) is 12.1 Å². The Hall–Kier alpha value is -0.930. The quantitative estimate of drug-likeness (QED) is 0.774. The number of hydrogen-bond donors (Lipinski definition) is 1. The SMILES string of the molecule is CCNCC(OCCC1CCC1)c1ccccc1F. The number of hydrogen-bond acceptors (Lipinski definition) is 2. The summed E-state index contributed by atoms with van der Waals surface area (Å²) in [4.78, 5) is 0. The van der Waals surface area contributed by atoms with E-state index in [0.717, 1.165) is 25.5 Å². The molecule has 0 radical (unpaired) electrons. The number of ether oxygens (including phenoxy) is 1. The van der Waals surface area contributed by atoms with E-state index in [2.05, 4.69) is 5.32 Å². The molecule has 0 aromatic heterocycles. The predicted molar refractivity (Wildman–Crippen MR) is 75.6 cm³/mol. The zero-order chi connectivity index (χ0) is 13.5. The van der Waals surface area contributed by atoms with Crippen LogP contribution >= 0.6 is 0 Å². The van der Waals surface area contributed by atoms with E-state index >= 15 is 0 Å². The molecule has 1 aromatic rings. The molecule has 0 heterocycles. The van der Waals surface area contributed by atoms with E-state index in [1.54, 1.807) is 6.07 Å². The van der Waals surface area contributed by atoms with Gasteiger partial charge in [0, 0.05) is 18.7 Å². The minimum Gasteiger partial charge on any atom is -0.372 e. The lowest BCUT2D eigenvalue weighted by Gasteiger charge is -2.26. The summed E-state index contributed by atoms with van der Waals surface area (Å²) in [5.41, 5.74) is 0.664. The Labute approximate surface area is 115 Å². The molecular weight excluding hydrogens is 241 g/mol. The molecule has 1 atom stereocenters. The van der Waals surface area contributed by atoms with Crippen LogP contribution in [0.15, 0.2) is 24.3 Å². The summed E-state index contributed by atoms with van der Waals surface area (Å²) in [6.07, 6.45) is 4.96. The highest BCUT2D eigenvalue weighted by Crippen LogP contribution is 2.30. The van der Waals surface area contributed by atoms with Gasteiger partial charge in [-0.05, 0) is 24.9 Å². The summed E-state index contributed by atoms with van der Waals surface area (Å²) in [5, 5.41) is 3.25. The average molecular weight is 265 g/mol. The zero-order valence-electron chi connectivity index (χ0n) is 11.7. The van der Waals surface area contributed by atoms with Gasteiger partial charge in [-0.3, -0.25) is 0 Å². The van der Waals surface area contributed by atoms with Crippen LogP contribution in [0.2, 0.25) is 0 Å². The Morgan fingerprint density at radius 3 is 2.79 bits per heavy atom. The van der Waals surface area contributed by atoms with Crippen LogP contribution in [0.4, 0.5) is 4.39 Å². The number of likely N-dealkylation sites (N-methyl/N-ethyl adjacent to an activating group) is 1. The Bertz CT molecular complexity index is 379. The van der Waals surface area contributed by atoms with Crippen LogP contribution < -0.4 is 5.32 Å². The fourth-order valence-electron chi connectivity index (χ4n) is 2.43. The van der Waals surface area contributed by atoms with Gasteiger partial charge in [0.15, 0.2) is 0 Å². The van der Waals surface area contributed by atoms with Gasteiger partial charge < -0.3 is 10.1 Å². The van der Waals surface area contributed by atoms with Crippen LogP contribution in [-0.4, -0.2) is 19.7 Å². The molecule has 1 aromatic carbocycles. The van der Waals surface area contributed by atoms with Gasteiger partial charge >= 0.3 is 0 Å². The topological polar surface area (TPSA) is 21.3 Å². The van der Waals surface area contributed by atoms with E-state index in [4.69, 9.17) is 4.74 Å². The van der Waals surface area contributed by atoms with E-state index < -0.39 is 0 Å². The highest BCUT2D eigenvalue weighted by Gasteiger charge is 2.19. The third kappa shape index (κ3) is 4.29. The molecule has 0 saturated heterocycles. The molecule has 0 bridgehead atoms. The molecule has 0 aliphatic heterocycles. The van der Waals surface area contributed by atoms with Crippen molar-refractivity contribution in [3.63, 3.8) is 0 Å². The normalized spacial score (nSPS) is 17.2. The summed E-state index contributed by atoms with van der Waals surface area (Å²) in [6.45, 7) is 4.32. The van der Waals surface area contributed by atoms with Crippen molar-refractivity contribution in [1.82, 2.24) is 5.32 Å². The summed E-state index contributed by atoms with van der Waals surface area (Å²) in [6, 6.07) is 6.91. The predicted octanol–water partition coefficient (Wildman–Crippen LogP) is 3.68. The fraction of sp³-hybridized carbons (Fsp3) is 0.625. The maximum Gasteiger partial charge on any atom is 0.129 e. The molecule has 2 nitrogen and oxygen atoms in total. The summed E-state index contributed by atoms with van der Waals surface area (Å²) in [5.74, 6) is 0.662. The van der Waals surface area contributed by atoms with Gasteiger partial charge in [-0.25, -0.2) is 4.39 Å². The lowest BCUT2D eigenvalue weighted by Crippen LogP contribution is -2.25. The fourth-order valence-corrected chi connectivity index (χ4v) is 2.43. The molecule has 1 saturated carbocycles. The average Bonchev–Trinajstić information content (AvgIpc) is 2.37. The smallest absolute Gasteiger partial charge is 0.129 e. The largest absolute Gasteiger partial charge is 0.372 e. The zero-order valence-corrected chi connectivity index (χ0v) is 11.7. The summed E-state index contributed by atoms with van der Waals surface area (Å²) >= 11 is 0. The second kappa shape index (κ2) is 7.61. The summed E-state index contributed by atoms with van der Waals surface area (Å²) < 4.78 is 19.7. The standard InChI is InChI=1S/C16H24FNO/c1-2-18-12-16(14-8-3-4-9-15(14)17)19-11-10-13-6-5-7-13/h3-4,8-9,13,16,18H,2,5-7,10-12H2,1H3. The van der Waals surface area contributed by atoms with Crippen LogP contribution in [0.25, 0.3) is 0 Å². The van der Waals surface area contributed by atoms with Crippen molar-refractivity contribution >= 4 is 0 Å². The van der Waals surface area contributed by atoms with Crippen molar-refractivity contribution in [3.8, 4) is 0 Å². The maximum absolute atomic E-state index is 13.8. The molecule has 106 valence electrons. The monoisotopic (exact) mass is 265 g/mol. The van der Waals surface area contributed by atoms with Crippen LogP contribution in [0.1, 0.15) is 44.3 Å². The number of rotatable bonds is 8. The van der Waals surface area contributed by atoms with E-state index in [1.165, 1.54) is 25.3 Å². The Morgan fingerprint density at radius 1 is 1.37 bits per heavy atom. The van der Waals surface area contributed by atoms with Crippen LogP contribution in [0, 0.1) is 11.7 Å². The minimum atomic E-state index is -0.179. The molecule has 19 heavy (non-hydrogen) atoms. The third-order valence-electron chi connectivity index (χ3n) is 3.90. The molecule has 3 heteroatoms. The van der Waals surface area contributed by atoms with Gasteiger partial charge in [0.05, 0.1) is 6.10 Å². The van der Waals surface area contributed by atoms with Gasteiger partial charge in [0.25, 0.3) is 0 Å². The first-order valence-corrected chi connectivity index (χ1v) is 7.38. The van der Waals surface area contributed by atoms with Crippen molar-refractivity contribution in [1.29, 1.82) is 0 Å². The van der Waals surface area contributed by atoms with Crippen molar-refractivity contribution < 1.29 is 9.13 Å². The number of benzene rings is 1. The second-order valence-corrected chi connectivity index (χ2v) is 5.27. The van der Waals surface area contributed by atoms with Crippen molar-refractivity contribution in [2.45, 2.75) is 38.7 Å². The maximum atomic E-state index is 13.8. The molecule has 1 fully saturated rings. The van der Waals surface area contributed by atoms with E-state index in [9.17, 15) is 4.39 Å². The number of nitrogens with one attached hydrogen (secondary N) is 1. The lowest BCUT2D eigenvalue weighted by molar-refractivity contribution is 0.0354. The minimum absolute atomic E-state index is 0.172.